The molecule has 0 aromatic carbocycles. The van der Waals surface area contributed by atoms with E-state index < -0.39 is 5.41 Å². The highest BCUT2D eigenvalue weighted by atomic mass is 16.1. The Morgan fingerprint density at radius 2 is 2.11 bits per heavy atom. The first kappa shape index (κ1) is 8.47. The molecule has 0 amide bonds. The van der Waals surface area contributed by atoms with Crippen LogP contribution in [0.25, 0.3) is 0 Å². The Labute approximate surface area is 56.6 Å². The molecule has 0 heterocycles. The van der Waals surface area contributed by atoms with Crippen molar-refractivity contribution in [1.82, 2.24) is 0 Å². The summed E-state index contributed by atoms with van der Waals surface area (Å²) in [6, 6.07) is 0. The van der Waals surface area contributed by atoms with Gasteiger partial charge in [0.1, 0.15) is 6.29 Å². The van der Waals surface area contributed by atoms with Crippen molar-refractivity contribution in [2.45, 2.75) is 13.8 Å². The summed E-state index contributed by atoms with van der Waals surface area (Å²) in [4.78, 5) is 21.0. The topological polar surface area (TPSA) is 34.1 Å². The number of aldehydes is 1. The van der Waals surface area contributed by atoms with Gasteiger partial charge in [-0.25, -0.2) is 0 Å². The Morgan fingerprint density at radius 3 is 2.22 bits per heavy atom. The summed E-state index contributed by atoms with van der Waals surface area (Å²) in [6.45, 7) is 3.26. The van der Waals surface area contributed by atoms with Gasteiger partial charge in [-0.1, -0.05) is 0 Å². The number of hydrogen-bond donors (Lipinski definition) is 0. The fraction of sp³-hybridized carbons (Fsp3) is 0.600. The number of carbonyl (C=O) groups is 2. The van der Waals surface area contributed by atoms with Gasteiger partial charge in [0.2, 0.25) is 0 Å². The Hall–Kier alpha value is -0.530. The van der Waals surface area contributed by atoms with E-state index in [1.807, 2.05) is 0 Å². The molecule has 0 saturated heterocycles. The minimum absolute atomic E-state index is 0.00231. The van der Waals surface area contributed by atoms with E-state index in [9.17, 15) is 9.59 Å². The first-order valence-corrected chi connectivity index (χ1v) is 3.04. The average molecular weight is 124 g/mol. The normalized spacial score (nSPS) is 10.4. The van der Waals surface area contributed by atoms with E-state index in [0.717, 1.165) is 0 Å². The quantitative estimate of drug-likeness (QED) is 0.266. The Morgan fingerprint density at radius 1 is 1.67 bits per heavy atom. The standard InChI is InChI=1S/C5H10B2O2/c1-5(2,3-8)4(9)7-6/h3,7H,6H2,1-2H3. The summed E-state index contributed by atoms with van der Waals surface area (Å²) in [5, 5.41) is 0. The van der Waals surface area contributed by atoms with Gasteiger partial charge in [0, 0.05) is 0 Å². The number of rotatable bonds is 3. The molecule has 48 valence electrons. The maximum absolute atomic E-state index is 10.8. The van der Waals surface area contributed by atoms with Crippen LogP contribution in [0.1, 0.15) is 13.8 Å². The lowest BCUT2D eigenvalue weighted by atomic mass is 9.48. The highest BCUT2D eigenvalue weighted by Crippen LogP contribution is 2.10. The van der Waals surface area contributed by atoms with Gasteiger partial charge in [-0.15, -0.1) is 0 Å². The second-order valence-corrected chi connectivity index (χ2v) is 2.62. The zero-order valence-electron chi connectivity index (χ0n) is 6.10. The maximum Gasteiger partial charge on any atom is 0.167 e. The minimum Gasteiger partial charge on any atom is -0.311 e. The lowest BCUT2D eigenvalue weighted by molar-refractivity contribution is -0.126. The molecule has 0 aromatic rings. The van der Waals surface area contributed by atoms with Gasteiger partial charge >= 0.3 is 0 Å². The highest BCUT2D eigenvalue weighted by Gasteiger charge is 2.23. The average Bonchev–Trinajstić information content (AvgIpc) is 1.86. The predicted octanol–water partition coefficient (Wildman–Crippen LogP) is -1.28. The molecule has 0 spiro atoms. The summed E-state index contributed by atoms with van der Waals surface area (Å²) < 4.78 is 0. The summed E-state index contributed by atoms with van der Waals surface area (Å²) >= 11 is 0. The molecule has 0 aromatic heterocycles. The molecular formula is C5H10B2O2. The SMILES string of the molecule is BBC(=O)C(C)(C)C=O. The van der Waals surface area contributed by atoms with E-state index in [1.165, 1.54) is 0 Å². The summed E-state index contributed by atoms with van der Waals surface area (Å²) in [5.74, 6) is 0. The number of carbonyl (C=O) groups excluding carboxylic acids is 2. The summed E-state index contributed by atoms with van der Waals surface area (Å²) in [6.07, 6.45) is 0.693. The molecule has 0 saturated carbocycles. The van der Waals surface area contributed by atoms with Crippen LogP contribution < -0.4 is 0 Å². The van der Waals surface area contributed by atoms with Crippen molar-refractivity contribution in [2.75, 3.05) is 0 Å². The van der Waals surface area contributed by atoms with Gasteiger partial charge in [-0.05, 0) is 13.8 Å². The predicted molar refractivity (Wildman–Crippen MR) is 40.5 cm³/mol. The lowest BCUT2D eigenvalue weighted by Crippen LogP contribution is -2.30. The van der Waals surface area contributed by atoms with Crippen LogP contribution in [-0.4, -0.2) is 26.9 Å². The van der Waals surface area contributed by atoms with Crippen molar-refractivity contribution in [1.29, 1.82) is 0 Å². The van der Waals surface area contributed by atoms with E-state index in [2.05, 4.69) is 0 Å². The Balaban J connectivity index is 4.14. The summed E-state index contributed by atoms with van der Waals surface area (Å²) in [5.41, 5.74) is -0.771. The summed E-state index contributed by atoms with van der Waals surface area (Å²) in [7, 11) is 2.19. The molecule has 0 rings (SSSR count). The zero-order valence-corrected chi connectivity index (χ0v) is 6.10. The third-order valence-electron chi connectivity index (χ3n) is 1.33. The Kier molecular flexibility index (Phi) is 2.68. The highest BCUT2D eigenvalue weighted by molar-refractivity contribution is 7.08. The van der Waals surface area contributed by atoms with E-state index in [-0.39, 0.29) is 5.68 Å². The van der Waals surface area contributed by atoms with Crippen LogP contribution in [0, 0.1) is 5.41 Å². The van der Waals surface area contributed by atoms with Gasteiger partial charge in [-0.3, -0.25) is 0 Å². The van der Waals surface area contributed by atoms with Crippen molar-refractivity contribution < 1.29 is 9.59 Å². The molecule has 0 atom stereocenters. The minimum atomic E-state index is -0.769. The molecule has 0 unspecified atom stereocenters. The largest absolute Gasteiger partial charge is 0.311 e. The van der Waals surface area contributed by atoms with Gasteiger partial charge < -0.3 is 9.59 Å². The zero-order chi connectivity index (χ0) is 7.49. The van der Waals surface area contributed by atoms with E-state index >= 15 is 0 Å². The van der Waals surface area contributed by atoms with Gasteiger partial charge in [0.05, 0.1) is 18.8 Å². The van der Waals surface area contributed by atoms with Crippen LogP contribution in [0.3, 0.4) is 0 Å². The molecular weight excluding hydrogens is 114 g/mol. The van der Waals surface area contributed by atoms with Crippen LogP contribution in [-0.2, 0) is 9.59 Å². The second-order valence-electron chi connectivity index (χ2n) is 2.62. The van der Waals surface area contributed by atoms with Crippen LogP contribution in [0.5, 0.6) is 0 Å². The fourth-order valence-corrected chi connectivity index (χ4v) is 0.521. The molecule has 0 N–H and O–H groups in total. The van der Waals surface area contributed by atoms with Crippen LogP contribution in [0.2, 0.25) is 0 Å². The fourth-order valence-electron chi connectivity index (χ4n) is 0.521. The monoisotopic (exact) mass is 124 g/mol. The Bertz CT molecular complexity index is 131. The van der Waals surface area contributed by atoms with Crippen molar-refractivity contribution in [2.24, 2.45) is 5.41 Å². The second kappa shape index (κ2) is 2.85. The molecule has 0 aliphatic heterocycles. The maximum atomic E-state index is 10.8. The van der Waals surface area contributed by atoms with E-state index in [4.69, 9.17) is 0 Å². The molecule has 0 aliphatic rings. The molecule has 0 radical (unpaired) electrons. The van der Waals surface area contributed by atoms with Crippen LogP contribution >= 0.6 is 0 Å². The molecule has 4 heteroatoms. The van der Waals surface area contributed by atoms with Crippen LogP contribution in [0.4, 0.5) is 0 Å². The van der Waals surface area contributed by atoms with Crippen molar-refractivity contribution in [3.05, 3.63) is 0 Å². The van der Waals surface area contributed by atoms with E-state index in [1.54, 1.807) is 21.6 Å². The van der Waals surface area contributed by atoms with Gasteiger partial charge in [0.15, 0.2) is 7.17 Å². The lowest BCUT2D eigenvalue weighted by Gasteiger charge is -2.12. The third kappa shape index (κ3) is 2.04. The smallest absolute Gasteiger partial charge is 0.167 e. The van der Waals surface area contributed by atoms with Crippen molar-refractivity contribution in [3.8, 4) is 0 Å². The molecule has 2 nitrogen and oxygen atoms in total. The molecule has 0 aliphatic carbocycles. The van der Waals surface area contributed by atoms with Crippen LogP contribution in [0.15, 0.2) is 0 Å². The first-order chi connectivity index (χ1) is 4.04. The number of hydrogen-bond acceptors (Lipinski definition) is 2. The van der Waals surface area contributed by atoms with Crippen molar-refractivity contribution >= 4 is 26.9 Å². The molecule has 0 bridgehead atoms. The molecule has 9 heavy (non-hydrogen) atoms. The third-order valence-corrected chi connectivity index (χ3v) is 1.33. The van der Waals surface area contributed by atoms with Crippen molar-refractivity contribution in [3.63, 3.8) is 0 Å². The van der Waals surface area contributed by atoms with Gasteiger partial charge in [-0.2, -0.15) is 0 Å². The van der Waals surface area contributed by atoms with Gasteiger partial charge in [0.25, 0.3) is 0 Å². The molecule has 0 fully saturated rings. The first-order valence-electron chi connectivity index (χ1n) is 3.04. The van der Waals surface area contributed by atoms with E-state index in [0.29, 0.717) is 13.5 Å².